The smallest absolute Gasteiger partial charge is 0.272 e. The summed E-state index contributed by atoms with van der Waals surface area (Å²) in [5.41, 5.74) is 3.76. The maximum atomic E-state index is 13.2. The second-order valence-corrected chi connectivity index (χ2v) is 8.23. The van der Waals surface area contributed by atoms with Crippen molar-refractivity contribution in [2.24, 2.45) is 0 Å². The van der Waals surface area contributed by atoms with E-state index in [1.54, 1.807) is 18.2 Å². The van der Waals surface area contributed by atoms with E-state index in [9.17, 15) is 9.59 Å². The number of nitrogens with one attached hydrogen (secondary N) is 2. The molecule has 0 radical (unpaired) electrons. The number of methoxy groups -OCH3 is 3. The number of nitrogens with zero attached hydrogens (tertiary/aromatic N) is 1. The summed E-state index contributed by atoms with van der Waals surface area (Å²) in [6.45, 7) is 1.96. The third-order valence-corrected chi connectivity index (χ3v) is 5.45. The summed E-state index contributed by atoms with van der Waals surface area (Å²) >= 11 is 0. The average molecular weight is 490 g/mol. The lowest BCUT2D eigenvalue weighted by Gasteiger charge is -2.15. The van der Waals surface area contributed by atoms with Crippen molar-refractivity contribution in [3.05, 3.63) is 83.1 Å². The Labute approximate surface area is 211 Å². The van der Waals surface area contributed by atoms with Gasteiger partial charge in [-0.25, -0.2) is 0 Å². The van der Waals surface area contributed by atoms with Gasteiger partial charge < -0.3 is 29.7 Å². The third kappa shape index (κ3) is 6.35. The van der Waals surface area contributed by atoms with Crippen molar-refractivity contribution in [2.75, 3.05) is 45.6 Å². The van der Waals surface area contributed by atoms with Gasteiger partial charge in [-0.1, -0.05) is 29.8 Å². The Morgan fingerprint density at radius 3 is 1.92 bits per heavy atom. The predicted octanol–water partition coefficient (Wildman–Crippen LogP) is 4.50. The van der Waals surface area contributed by atoms with Crippen molar-refractivity contribution in [3.63, 3.8) is 0 Å². The summed E-state index contributed by atoms with van der Waals surface area (Å²) in [4.78, 5) is 28.4. The number of aryl methyl sites for hydroxylation is 1. The molecule has 0 aromatic heterocycles. The molecule has 3 rings (SSSR count). The van der Waals surface area contributed by atoms with Crippen molar-refractivity contribution >= 4 is 29.3 Å². The summed E-state index contributed by atoms with van der Waals surface area (Å²) in [7, 11) is 8.32. The molecule has 0 aliphatic carbocycles. The predicted molar refractivity (Wildman–Crippen MR) is 142 cm³/mol. The number of carbonyl (C=O) groups excluding carboxylic acids is 2. The van der Waals surface area contributed by atoms with E-state index in [-0.39, 0.29) is 11.3 Å². The summed E-state index contributed by atoms with van der Waals surface area (Å²) in [6.07, 6.45) is 1.62. The molecule has 3 aromatic rings. The summed E-state index contributed by atoms with van der Waals surface area (Å²) in [5, 5.41) is 5.58. The topological polar surface area (TPSA) is 89.1 Å². The highest BCUT2D eigenvalue weighted by atomic mass is 16.5. The van der Waals surface area contributed by atoms with E-state index in [0.717, 1.165) is 16.8 Å². The average Bonchev–Trinajstić information content (AvgIpc) is 2.88. The Hall–Kier alpha value is -4.46. The molecular weight excluding hydrogens is 458 g/mol. The Morgan fingerprint density at radius 1 is 0.833 bits per heavy atom. The monoisotopic (exact) mass is 489 g/mol. The number of benzene rings is 3. The van der Waals surface area contributed by atoms with Crippen LogP contribution in [0.4, 0.5) is 11.4 Å². The first-order valence-corrected chi connectivity index (χ1v) is 11.2. The molecule has 188 valence electrons. The number of ether oxygens (including phenoxy) is 3. The molecule has 0 unspecified atom stereocenters. The zero-order valence-corrected chi connectivity index (χ0v) is 21.3. The molecule has 0 saturated heterocycles. The van der Waals surface area contributed by atoms with Gasteiger partial charge in [-0.3, -0.25) is 9.59 Å². The van der Waals surface area contributed by atoms with Gasteiger partial charge in [0.25, 0.3) is 11.8 Å². The van der Waals surface area contributed by atoms with Gasteiger partial charge in [0.1, 0.15) is 5.70 Å². The van der Waals surface area contributed by atoms with Crippen LogP contribution in [0.1, 0.15) is 21.5 Å². The van der Waals surface area contributed by atoms with Crippen LogP contribution in [0, 0.1) is 6.92 Å². The fourth-order valence-electron chi connectivity index (χ4n) is 3.44. The van der Waals surface area contributed by atoms with Crippen LogP contribution in [0.3, 0.4) is 0 Å². The summed E-state index contributed by atoms with van der Waals surface area (Å²) in [5.74, 6) is 0.0537. The zero-order valence-electron chi connectivity index (χ0n) is 21.3. The van der Waals surface area contributed by atoms with Crippen LogP contribution in [-0.4, -0.2) is 47.2 Å². The van der Waals surface area contributed by atoms with Gasteiger partial charge in [-0.15, -0.1) is 0 Å². The van der Waals surface area contributed by atoms with Gasteiger partial charge in [0.2, 0.25) is 5.75 Å². The van der Waals surface area contributed by atoms with Crippen molar-refractivity contribution < 1.29 is 23.8 Å². The standard InChI is InChI=1S/C28H31N3O5/c1-18-7-11-21(12-8-18)29-28(33)23(15-19-9-13-22(14-10-19)31(2)3)30-27(32)20-16-24(34-4)26(36-6)25(17-20)35-5/h7-17H,1-6H3,(H,29,33)(H,30,32). The van der Waals surface area contributed by atoms with Crippen molar-refractivity contribution in [2.45, 2.75) is 6.92 Å². The number of hydrogen-bond donors (Lipinski definition) is 2. The van der Waals surface area contributed by atoms with Gasteiger partial charge in [0.05, 0.1) is 21.3 Å². The van der Waals surface area contributed by atoms with E-state index >= 15 is 0 Å². The molecule has 0 aliphatic heterocycles. The van der Waals surface area contributed by atoms with E-state index in [0.29, 0.717) is 22.9 Å². The van der Waals surface area contributed by atoms with Gasteiger partial charge in [-0.05, 0) is 55.0 Å². The minimum atomic E-state index is -0.510. The van der Waals surface area contributed by atoms with Crippen molar-refractivity contribution in [1.82, 2.24) is 5.32 Å². The molecule has 0 aliphatic rings. The quantitative estimate of drug-likeness (QED) is 0.431. The highest BCUT2D eigenvalue weighted by Crippen LogP contribution is 2.38. The first-order valence-electron chi connectivity index (χ1n) is 11.2. The maximum absolute atomic E-state index is 13.2. The Bertz CT molecular complexity index is 1220. The van der Waals surface area contributed by atoms with Crippen LogP contribution in [0.25, 0.3) is 6.08 Å². The van der Waals surface area contributed by atoms with Gasteiger partial charge in [-0.2, -0.15) is 0 Å². The highest BCUT2D eigenvalue weighted by molar-refractivity contribution is 6.10. The van der Waals surface area contributed by atoms with Gasteiger partial charge in [0, 0.05) is 31.0 Å². The molecular formula is C28H31N3O5. The minimum absolute atomic E-state index is 0.0759. The van der Waals surface area contributed by atoms with Crippen LogP contribution in [0.5, 0.6) is 17.2 Å². The van der Waals surface area contributed by atoms with Crippen LogP contribution >= 0.6 is 0 Å². The molecule has 8 nitrogen and oxygen atoms in total. The Balaban J connectivity index is 1.96. The number of rotatable bonds is 9. The van der Waals surface area contributed by atoms with Crippen LogP contribution in [0.15, 0.2) is 66.4 Å². The number of amides is 2. The van der Waals surface area contributed by atoms with E-state index in [1.165, 1.54) is 33.5 Å². The fraction of sp³-hybridized carbons (Fsp3) is 0.214. The van der Waals surface area contributed by atoms with Crippen molar-refractivity contribution in [1.29, 1.82) is 0 Å². The molecule has 2 N–H and O–H groups in total. The van der Waals surface area contributed by atoms with E-state index in [1.807, 2.05) is 62.3 Å². The largest absolute Gasteiger partial charge is 0.493 e. The number of carbonyl (C=O) groups is 2. The van der Waals surface area contributed by atoms with Crippen molar-refractivity contribution in [3.8, 4) is 17.2 Å². The second-order valence-electron chi connectivity index (χ2n) is 8.23. The molecule has 0 saturated carbocycles. The SMILES string of the molecule is COc1cc(C(=O)NC(=Cc2ccc(N(C)C)cc2)C(=O)Nc2ccc(C)cc2)cc(OC)c1OC. The van der Waals surface area contributed by atoms with Crippen LogP contribution < -0.4 is 29.7 Å². The lowest BCUT2D eigenvalue weighted by atomic mass is 10.1. The second kappa shape index (κ2) is 11.8. The lowest BCUT2D eigenvalue weighted by Crippen LogP contribution is -2.30. The van der Waals surface area contributed by atoms with E-state index in [2.05, 4.69) is 10.6 Å². The normalized spacial score (nSPS) is 10.9. The molecule has 36 heavy (non-hydrogen) atoms. The first kappa shape index (κ1) is 26.2. The number of hydrogen-bond acceptors (Lipinski definition) is 6. The molecule has 0 atom stereocenters. The molecule has 8 heteroatoms. The van der Waals surface area contributed by atoms with Gasteiger partial charge >= 0.3 is 0 Å². The van der Waals surface area contributed by atoms with Crippen LogP contribution in [-0.2, 0) is 4.79 Å². The molecule has 0 fully saturated rings. The maximum Gasteiger partial charge on any atom is 0.272 e. The summed E-state index contributed by atoms with van der Waals surface area (Å²) < 4.78 is 16.0. The van der Waals surface area contributed by atoms with Gasteiger partial charge in [0.15, 0.2) is 11.5 Å². The van der Waals surface area contributed by atoms with Crippen LogP contribution in [0.2, 0.25) is 0 Å². The third-order valence-electron chi connectivity index (χ3n) is 5.45. The molecule has 2 amide bonds. The molecule has 0 bridgehead atoms. The summed E-state index contributed by atoms with van der Waals surface area (Å²) in [6, 6.07) is 18.1. The zero-order chi connectivity index (χ0) is 26.2. The minimum Gasteiger partial charge on any atom is -0.493 e. The fourth-order valence-corrected chi connectivity index (χ4v) is 3.44. The Kier molecular flexibility index (Phi) is 8.57. The lowest BCUT2D eigenvalue weighted by molar-refractivity contribution is -0.113. The molecule has 3 aromatic carbocycles. The highest BCUT2D eigenvalue weighted by Gasteiger charge is 2.20. The number of anilines is 2. The van der Waals surface area contributed by atoms with E-state index < -0.39 is 11.8 Å². The van der Waals surface area contributed by atoms with E-state index in [4.69, 9.17) is 14.2 Å². The first-order chi connectivity index (χ1) is 17.2. The molecule has 0 heterocycles. The molecule has 0 spiro atoms. The Morgan fingerprint density at radius 2 is 1.42 bits per heavy atom.